The van der Waals surface area contributed by atoms with Gasteiger partial charge in [0.2, 0.25) is 0 Å². The van der Waals surface area contributed by atoms with Crippen molar-refractivity contribution in [2.45, 2.75) is 63.9 Å². The van der Waals surface area contributed by atoms with Crippen molar-refractivity contribution < 1.29 is 22.7 Å². The van der Waals surface area contributed by atoms with Crippen LogP contribution in [0.4, 0.5) is 23.8 Å². The van der Waals surface area contributed by atoms with E-state index in [2.05, 4.69) is 20.6 Å². The highest BCUT2D eigenvalue weighted by Crippen LogP contribution is 2.27. The lowest BCUT2D eigenvalue weighted by Gasteiger charge is -2.21. The predicted molar refractivity (Wildman–Crippen MR) is 81.5 cm³/mol. The molecule has 1 aliphatic carbocycles. The van der Waals surface area contributed by atoms with Gasteiger partial charge in [0.15, 0.2) is 5.69 Å². The second-order valence-electron chi connectivity index (χ2n) is 6.78. The summed E-state index contributed by atoms with van der Waals surface area (Å²) in [6.07, 6.45) is -1.04. The number of ether oxygens (including phenoxy) is 1. The Hall–Kier alpha value is -2.06. The van der Waals surface area contributed by atoms with Crippen LogP contribution >= 0.6 is 0 Å². The van der Waals surface area contributed by atoms with Crippen LogP contribution in [0.25, 0.3) is 0 Å². The average Bonchev–Trinajstić information content (AvgIpc) is 2.83. The second kappa shape index (κ2) is 6.82. The number of alkyl carbamates (subject to hydrolysis) is 1. The zero-order valence-corrected chi connectivity index (χ0v) is 13.8. The molecule has 0 saturated heterocycles. The van der Waals surface area contributed by atoms with E-state index in [0.717, 1.165) is 19.0 Å². The summed E-state index contributed by atoms with van der Waals surface area (Å²) in [5.41, 5.74) is -1.58. The molecule has 134 valence electrons. The molecule has 1 aliphatic rings. The van der Waals surface area contributed by atoms with Crippen molar-refractivity contribution in [1.82, 2.24) is 15.3 Å². The minimum atomic E-state index is -4.50. The molecule has 2 atom stereocenters. The molecular formula is C15H21F3N4O2. The summed E-state index contributed by atoms with van der Waals surface area (Å²) < 4.78 is 42.5. The molecule has 1 aromatic heterocycles. The Kier molecular flexibility index (Phi) is 5.19. The van der Waals surface area contributed by atoms with Gasteiger partial charge in [0, 0.05) is 12.1 Å². The number of amides is 1. The molecule has 1 aromatic rings. The molecule has 1 saturated carbocycles. The van der Waals surface area contributed by atoms with Crippen molar-refractivity contribution in [3.63, 3.8) is 0 Å². The van der Waals surface area contributed by atoms with Crippen molar-refractivity contribution in [2.75, 3.05) is 5.32 Å². The van der Waals surface area contributed by atoms with E-state index in [1.54, 1.807) is 20.8 Å². The minimum absolute atomic E-state index is 0.0102. The zero-order chi connectivity index (χ0) is 18.0. The normalized spacial score (nSPS) is 21.4. The summed E-state index contributed by atoms with van der Waals surface area (Å²) in [6, 6.07) is -0.0317. The van der Waals surface area contributed by atoms with Crippen LogP contribution in [0.1, 0.15) is 45.7 Å². The van der Waals surface area contributed by atoms with Crippen LogP contribution < -0.4 is 10.6 Å². The van der Waals surface area contributed by atoms with Gasteiger partial charge >= 0.3 is 12.3 Å². The molecule has 9 heteroatoms. The zero-order valence-electron chi connectivity index (χ0n) is 13.8. The van der Waals surface area contributed by atoms with Crippen LogP contribution in [-0.4, -0.2) is 33.7 Å². The lowest BCUT2D eigenvalue weighted by molar-refractivity contribution is -0.141. The fraction of sp³-hybridized carbons (Fsp3) is 0.667. The topological polar surface area (TPSA) is 76.1 Å². The first-order valence-electron chi connectivity index (χ1n) is 7.68. The lowest BCUT2D eigenvalue weighted by Crippen LogP contribution is -2.38. The molecule has 0 spiro atoms. The fourth-order valence-electron chi connectivity index (χ4n) is 2.48. The summed E-state index contributed by atoms with van der Waals surface area (Å²) in [5, 5.41) is 5.83. The maximum Gasteiger partial charge on any atom is 0.434 e. The van der Waals surface area contributed by atoms with Crippen molar-refractivity contribution in [3.05, 3.63) is 18.1 Å². The molecule has 2 N–H and O–H groups in total. The van der Waals surface area contributed by atoms with Crippen LogP contribution in [0, 0.1) is 0 Å². The number of halogens is 3. The molecule has 0 radical (unpaired) electrons. The van der Waals surface area contributed by atoms with E-state index in [0.29, 0.717) is 12.6 Å². The van der Waals surface area contributed by atoms with E-state index in [4.69, 9.17) is 4.74 Å². The first-order chi connectivity index (χ1) is 11.0. The van der Waals surface area contributed by atoms with Gasteiger partial charge in [0.05, 0.1) is 12.4 Å². The van der Waals surface area contributed by atoms with Gasteiger partial charge in [-0.3, -0.25) is 0 Å². The number of hydrogen-bond acceptors (Lipinski definition) is 5. The molecule has 0 aliphatic heterocycles. The average molecular weight is 346 g/mol. The highest BCUT2D eigenvalue weighted by molar-refractivity contribution is 5.68. The monoisotopic (exact) mass is 346 g/mol. The van der Waals surface area contributed by atoms with Crippen molar-refractivity contribution in [3.8, 4) is 0 Å². The Morgan fingerprint density at radius 2 is 1.83 bits per heavy atom. The second-order valence-corrected chi connectivity index (χ2v) is 6.78. The molecule has 1 amide bonds. The van der Waals surface area contributed by atoms with Gasteiger partial charge < -0.3 is 15.4 Å². The summed E-state index contributed by atoms with van der Waals surface area (Å²) in [6.45, 7) is 5.36. The molecule has 0 unspecified atom stereocenters. The molecule has 24 heavy (non-hydrogen) atoms. The smallest absolute Gasteiger partial charge is 0.434 e. The Morgan fingerprint density at radius 1 is 1.17 bits per heavy atom. The van der Waals surface area contributed by atoms with E-state index >= 15 is 0 Å². The maximum absolute atomic E-state index is 12.4. The lowest BCUT2D eigenvalue weighted by atomic mass is 10.2. The van der Waals surface area contributed by atoms with Crippen molar-refractivity contribution in [2.24, 2.45) is 0 Å². The Bertz CT molecular complexity index is 570. The van der Waals surface area contributed by atoms with Crippen LogP contribution in [0.2, 0.25) is 0 Å². The summed E-state index contributed by atoms with van der Waals surface area (Å²) in [4.78, 5) is 18.8. The van der Waals surface area contributed by atoms with Crippen LogP contribution in [0.15, 0.2) is 12.4 Å². The minimum Gasteiger partial charge on any atom is -0.444 e. The third-order valence-electron chi connectivity index (χ3n) is 3.45. The van der Waals surface area contributed by atoms with Gasteiger partial charge in [-0.2, -0.15) is 13.2 Å². The number of rotatable bonds is 3. The quantitative estimate of drug-likeness (QED) is 0.878. The number of nitrogens with zero attached hydrogens (tertiary/aromatic N) is 2. The van der Waals surface area contributed by atoms with Crippen molar-refractivity contribution in [1.29, 1.82) is 0 Å². The number of carbonyl (C=O) groups is 1. The number of nitrogens with one attached hydrogen (secondary N) is 2. The number of carbonyl (C=O) groups excluding carboxylic acids is 1. The van der Waals surface area contributed by atoms with Gasteiger partial charge in [-0.15, -0.1) is 0 Å². The maximum atomic E-state index is 12.4. The first-order valence-corrected chi connectivity index (χ1v) is 7.68. The van der Waals surface area contributed by atoms with Gasteiger partial charge in [-0.05, 0) is 40.0 Å². The van der Waals surface area contributed by atoms with Crippen LogP contribution in [-0.2, 0) is 10.9 Å². The number of alkyl halides is 3. The molecule has 2 rings (SSSR count). The van der Waals surface area contributed by atoms with E-state index in [1.165, 1.54) is 0 Å². The molecular weight excluding hydrogens is 325 g/mol. The number of hydrogen-bond donors (Lipinski definition) is 2. The summed E-state index contributed by atoms with van der Waals surface area (Å²) in [7, 11) is 0. The first kappa shape index (κ1) is 18.3. The van der Waals surface area contributed by atoms with E-state index in [9.17, 15) is 18.0 Å². The molecule has 6 nitrogen and oxygen atoms in total. The molecule has 1 heterocycles. The van der Waals surface area contributed by atoms with Crippen LogP contribution in [0.3, 0.4) is 0 Å². The van der Waals surface area contributed by atoms with E-state index in [1.807, 2.05) is 0 Å². The van der Waals surface area contributed by atoms with Gasteiger partial charge in [-0.25, -0.2) is 14.8 Å². The standard InChI is InChI=1S/C15H21F3N4O2/c1-14(2,3)24-13(23)22-10-5-4-9(6-10)21-12-8-19-11(7-20-12)15(16,17)18/h7-10H,4-6H2,1-3H3,(H,20,21)(H,22,23)/t9-,10+/m0/s1. The molecule has 0 aromatic carbocycles. The van der Waals surface area contributed by atoms with Crippen LogP contribution in [0.5, 0.6) is 0 Å². The largest absolute Gasteiger partial charge is 0.444 e. The molecule has 1 fully saturated rings. The molecule has 0 bridgehead atoms. The Labute approximate surface area is 138 Å². The Balaban J connectivity index is 1.82. The predicted octanol–water partition coefficient (Wildman–Crippen LogP) is 3.35. The summed E-state index contributed by atoms with van der Waals surface area (Å²) >= 11 is 0. The van der Waals surface area contributed by atoms with Gasteiger partial charge in [0.1, 0.15) is 11.4 Å². The Morgan fingerprint density at radius 3 is 2.38 bits per heavy atom. The van der Waals surface area contributed by atoms with Crippen molar-refractivity contribution >= 4 is 11.9 Å². The SMILES string of the molecule is CC(C)(C)OC(=O)N[C@@H]1CC[C@H](Nc2cnc(C(F)(F)F)cn2)C1. The van der Waals surface area contributed by atoms with E-state index in [-0.39, 0.29) is 17.9 Å². The highest BCUT2D eigenvalue weighted by atomic mass is 19.4. The summed E-state index contributed by atoms with van der Waals surface area (Å²) in [5.74, 6) is 0.283. The van der Waals surface area contributed by atoms with Gasteiger partial charge in [0.25, 0.3) is 0 Å². The number of aromatic nitrogens is 2. The van der Waals surface area contributed by atoms with Gasteiger partial charge in [-0.1, -0.05) is 0 Å². The van der Waals surface area contributed by atoms with E-state index < -0.39 is 23.6 Å². The third kappa shape index (κ3) is 5.54. The highest BCUT2D eigenvalue weighted by Gasteiger charge is 2.33. The third-order valence-corrected chi connectivity index (χ3v) is 3.45. The fourth-order valence-corrected chi connectivity index (χ4v) is 2.48. The number of anilines is 1.